The van der Waals surface area contributed by atoms with E-state index in [-0.39, 0.29) is 23.6 Å². The third-order valence-electron chi connectivity index (χ3n) is 5.08. The van der Waals surface area contributed by atoms with Crippen molar-refractivity contribution in [2.24, 2.45) is 18.7 Å². The van der Waals surface area contributed by atoms with Gasteiger partial charge in [0.15, 0.2) is 0 Å². The molecule has 2 heterocycles. The lowest BCUT2D eigenvalue weighted by Crippen LogP contribution is -2.29. The van der Waals surface area contributed by atoms with Crippen LogP contribution in [0.1, 0.15) is 22.7 Å². The summed E-state index contributed by atoms with van der Waals surface area (Å²) in [4.78, 5) is 14.0. The number of methoxy groups -OCH3 is 1. The topological polar surface area (TPSA) is 73.4 Å². The number of likely N-dealkylation sites (tertiary alicyclic amines) is 1. The van der Waals surface area contributed by atoms with Crippen molar-refractivity contribution < 1.29 is 13.9 Å². The number of primary amides is 1. The maximum Gasteiger partial charge on any atom is 0.222 e. The Hall–Kier alpha value is -2.41. The number of rotatable bonds is 5. The number of nitrogens with zero attached hydrogens (tertiary/aromatic N) is 3. The van der Waals surface area contributed by atoms with Crippen molar-refractivity contribution in [3.05, 3.63) is 47.0 Å². The lowest BCUT2D eigenvalue weighted by atomic mass is 9.89. The Morgan fingerprint density at radius 1 is 1.44 bits per heavy atom. The predicted molar refractivity (Wildman–Crippen MR) is 91.6 cm³/mol. The molecule has 2 atom stereocenters. The highest BCUT2D eigenvalue weighted by Gasteiger charge is 2.39. The molecule has 1 aromatic carbocycles. The van der Waals surface area contributed by atoms with Crippen LogP contribution in [-0.2, 0) is 18.4 Å². The molecule has 0 radical (unpaired) electrons. The fourth-order valence-corrected chi connectivity index (χ4v) is 3.54. The molecule has 0 unspecified atom stereocenters. The number of carbonyl (C=O) groups excluding carboxylic acids is 1. The van der Waals surface area contributed by atoms with E-state index in [1.807, 2.05) is 14.0 Å². The van der Waals surface area contributed by atoms with Crippen LogP contribution >= 0.6 is 0 Å². The number of nitrogens with two attached hydrogens (primary N) is 1. The van der Waals surface area contributed by atoms with Crippen molar-refractivity contribution in [1.82, 2.24) is 14.7 Å². The van der Waals surface area contributed by atoms with E-state index in [4.69, 9.17) is 10.5 Å². The Balaban J connectivity index is 1.83. The zero-order chi connectivity index (χ0) is 18.1. The second-order valence-electron chi connectivity index (χ2n) is 6.58. The molecule has 0 saturated carbocycles. The molecular formula is C18H23FN4O2. The van der Waals surface area contributed by atoms with E-state index < -0.39 is 0 Å². The zero-order valence-electron chi connectivity index (χ0n) is 14.7. The first kappa shape index (κ1) is 17.4. The number of ether oxygens (including phenoxy) is 1. The molecular weight excluding hydrogens is 323 g/mol. The van der Waals surface area contributed by atoms with E-state index >= 15 is 0 Å². The van der Waals surface area contributed by atoms with Crippen molar-refractivity contribution in [2.45, 2.75) is 19.4 Å². The van der Waals surface area contributed by atoms with Gasteiger partial charge in [0.2, 0.25) is 5.91 Å². The first-order valence-electron chi connectivity index (χ1n) is 8.23. The molecule has 1 aromatic heterocycles. The smallest absolute Gasteiger partial charge is 0.222 e. The van der Waals surface area contributed by atoms with Crippen LogP contribution in [0, 0.1) is 18.7 Å². The average Bonchev–Trinajstić information content (AvgIpc) is 3.14. The molecule has 0 bridgehead atoms. The fraction of sp³-hybridized carbons (Fsp3) is 0.444. The molecule has 6 nitrogen and oxygen atoms in total. The normalized spacial score (nSPS) is 20.8. The van der Waals surface area contributed by atoms with Gasteiger partial charge in [0, 0.05) is 43.9 Å². The van der Waals surface area contributed by atoms with Gasteiger partial charge < -0.3 is 10.5 Å². The summed E-state index contributed by atoms with van der Waals surface area (Å²) in [6.45, 7) is 3.52. The van der Waals surface area contributed by atoms with Crippen molar-refractivity contribution in [2.75, 3.05) is 20.2 Å². The lowest BCUT2D eigenvalue weighted by Gasteiger charge is -2.17. The van der Waals surface area contributed by atoms with E-state index in [2.05, 4.69) is 10.00 Å². The summed E-state index contributed by atoms with van der Waals surface area (Å²) in [5, 5.41) is 4.27. The Labute approximate surface area is 146 Å². The molecule has 2 N–H and O–H groups in total. The van der Waals surface area contributed by atoms with Gasteiger partial charge in [-0.2, -0.15) is 5.10 Å². The molecule has 25 heavy (non-hydrogen) atoms. The van der Waals surface area contributed by atoms with Crippen LogP contribution in [0.5, 0.6) is 5.75 Å². The van der Waals surface area contributed by atoms with Gasteiger partial charge in [-0.3, -0.25) is 14.4 Å². The molecule has 1 amide bonds. The SMILES string of the molecule is COc1ccc(F)c(CN2C[C@H](C(N)=O)[C@@H](c3cnn(C)c3C)C2)c1. The lowest BCUT2D eigenvalue weighted by molar-refractivity contribution is -0.121. The third kappa shape index (κ3) is 3.37. The van der Waals surface area contributed by atoms with Gasteiger partial charge in [-0.05, 0) is 30.7 Å². The van der Waals surface area contributed by atoms with Crippen LogP contribution in [0.15, 0.2) is 24.4 Å². The van der Waals surface area contributed by atoms with Crippen LogP contribution in [-0.4, -0.2) is 40.8 Å². The van der Waals surface area contributed by atoms with Crippen LogP contribution in [0.25, 0.3) is 0 Å². The molecule has 7 heteroatoms. The molecule has 1 saturated heterocycles. The maximum atomic E-state index is 14.1. The Morgan fingerprint density at radius 2 is 2.20 bits per heavy atom. The highest BCUT2D eigenvalue weighted by molar-refractivity contribution is 5.78. The number of carbonyl (C=O) groups is 1. The quantitative estimate of drug-likeness (QED) is 0.892. The summed E-state index contributed by atoms with van der Waals surface area (Å²) in [5.74, 6) is -0.336. The largest absolute Gasteiger partial charge is 0.497 e. The molecule has 1 fully saturated rings. The highest BCUT2D eigenvalue weighted by Crippen LogP contribution is 2.35. The molecule has 3 rings (SSSR count). The Kier molecular flexibility index (Phi) is 4.76. The van der Waals surface area contributed by atoms with E-state index in [9.17, 15) is 9.18 Å². The van der Waals surface area contributed by atoms with Crippen molar-refractivity contribution >= 4 is 5.91 Å². The minimum absolute atomic E-state index is 0.0279. The summed E-state index contributed by atoms with van der Waals surface area (Å²) in [6, 6.07) is 4.69. The average molecular weight is 346 g/mol. The van der Waals surface area contributed by atoms with Crippen LogP contribution < -0.4 is 10.5 Å². The van der Waals surface area contributed by atoms with E-state index in [1.165, 1.54) is 6.07 Å². The van der Waals surface area contributed by atoms with Gasteiger partial charge in [0.25, 0.3) is 0 Å². The van der Waals surface area contributed by atoms with Crippen LogP contribution in [0.4, 0.5) is 4.39 Å². The first-order valence-corrected chi connectivity index (χ1v) is 8.23. The van der Waals surface area contributed by atoms with Crippen LogP contribution in [0.2, 0.25) is 0 Å². The molecule has 0 spiro atoms. The summed E-state index contributed by atoms with van der Waals surface area (Å²) in [6.07, 6.45) is 1.80. The summed E-state index contributed by atoms with van der Waals surface area (Å²) < 4.78 is 21.1. The zero-order valence-corrected chi connectivity index (χ0v) is 14.7. The summed E-state index contributed by atoms with van der Waals surface area (Å²) >= 11 is 0. The van der Waals surface area contributed by atoms with Crippen LogP contribution in [0.3, 0.4) is 0 Å². The van der Waals surface area contributed by atoms with E-state index in [0.29, 0.717) is 30.9 Å². The summed E-state index contributed by atoms with van der Waals surface area (Å²) in [7, 11) is 3.42. The number of halogens is 1. The monoisotopic (exact) mass is 346 g/mol. The van der Waals surface area contributed by atoms with E-state index in [1.54, 1.807) is 30.1 Å². The number of aryl methyl sites for hydroxylation is 1. The summed E-state index contributed by atoms with van der Waals surface area (Å²) in [5.41, 5.74) is 8.22. The van der Waals surface area contributed by atoms with Crippen molar-refractivity contribution in [3.63, 3.8) is 0 Å². The molecule has 1 aliphatic heterocycles. The van der Waals surface area contributed by atoms with Crippen molar-refractivity contribution in [1.29, 1.82) is 0 Å². The van der Waals surface area contributed by atoms with Gasteiger partial charge in [0.05, 0.1) is 19.2 Å². The van der Waals surface area contributed by atoms with Gasteiger partial charge in [0.1, 0.15) is 11.6 Å². The molecule has 134 valence electrons. The molecule has 0 aliphatic carbocycles. The maximum absolute atomic E-state index is 14.1. The molecule has 1 aliphatic rings. The van der Waals surface area contributed by atoms with Gasteiger partial charge in [-0.1, -0.05) is 0 Å². The number of aromatic nitrogens is 2. The Bertz CT molecular complexity index is 789. The second kappa shape index (κ2) is 6.84. The highest BCUT2D eigenvalue weighted by atomic mass is 19.1. The number of amides is 1. The fourth-order valence-electron chi connectivity index (χ4n) is 3.54. The van der Waals surface area contributed by atoms with Crippen molar-refractivity contribution in [3.8, 4) is 5.75 Å². The standard InChI is InChI=1S/C18H23FN4O2/c1-11-14(7-21-22(11)2)15-9-23(10-16(15)18(20)24)8-12-6-13(25-3)4-5-17(12)19/h4-7,15-16H,8-10H2,1-3H3,(H2,20,24)/t15-,16+/m1/s1. The minimum Gasteiger partial charge on any atom is -0.497 e. The van der Waals surface area contributed by atoms with Gasteiger partial charge in [-0.25, -0.2) is 4.39 Å². The molecule has 2 aromatic rings. The number of benzene rings is 1. The van der Waals surface area contributed by atoms with Gasteiger partial charge in [-0.15, -0.1) is 0 Å². The van der Waals surface area contributed by atoms with E-state index in [0.717, 1.165) is 11.3 Å². The number of hydrogen-bond donors (Lipinski definition) is 1. The second-order valence-corrected chi connectivity index (χ2v) is 6.58. The predicted octanol–water partition coefficient (Wildman–Crippen LogP) is 1.58. The first-order chi connectivity index (χ1) is 11.9. The number of hydrogen-bond acceptors (Lipinski definition) is 4. The van der Waals surface area contributed by atoms with Gasteiger partial charge >= 0.3 is 0 Å². The Morgan fingerprint density at radius 3 is 2.80 bits per heavy atom. The third-order valence-corrected chi connectivity index (χ3v) is 5.08. The minimum atomic E-state index is -0.332.